The van der Waals surface area contributed by atoms with Crippen molar-refractivity contribution in [3.63, 3.8) is 0 Å². The number of carbonyl (C=O) groups excluding carboxylic acids is 1. The summed E-state index contributed by atoms with van der Waals surface area (Å²) in [6.07, 6.45) is 2.79. The Hall–Kier alpha value is -2.62. The minimum Gasteiger partial charge on any atom is -0.440 e. The van der Waals surface area contributed by atoms with Crippen LogP contribution in [0.25, 0.3) is 11.1 Å². The third-order valence-electron chi connectivity index (χ3n) is 5.02. The van der Waals surface area contributed by atoms with Crippen LogP contribution < -0.4 is 5.32 Å². The van der Waals surface area contributed by atoms with E-state index in [1.165, 1.54) is 5.56 Å². The van der Waals surface area contributed by atoms with Crippen LogP contribution in [0.5, 0.6) is 0 Å². The average molecular weight is 304 g/mol. The molecule has 1 aromatic heterocycles. The van der Waals surface area contributed by atoms with Crippen LogP contribution in [0.1, 0.15) is 24.3 Å². The van der Waals surface area contributed by atoms with E-state index in [2.05, 4.69) is 22.4 Å². The number of benzene rings is 2. The van der Waals surface area contributed by atoms with E-state index < -0.39 is 0 Å². The quantitative estimate of drug-likeness (QED) is 0.798. The van der Waals surface area contributed by atoms with Gasteiger partial charge < -0.3 is 9.73 Å². The zero-order chi connectivity index (χ0) is 15.4. The summed E-state index contributed by atoms with van der Waals surface area (Å²) in [5.41, 5.74) is 3.48. The van der Waals surface area contributed by atoms with Crippen molar-refractivity contribution in [2.24, 2.45) is 11.3 Å². The molecule has 2 aliphatic carbocycles. The first-order chi connectivity index (χ1) is 11.2. The minimum absolute atomic E-state index is 0.0190. The number of hydrogen-bond acceptors (Lipinski definition) is 3. The van der Waals surface area contributed by atoms with Crippen LogP contribution >= 0.6 is 0 Å². The number of rotatable bonds is 4. The summed E-state index contributed by atoms with van der Waals surface area (Å²) in [5, 5.41) is 3.01. The third kappa shape index (κ3) is 2.13. The Morgan fingerprint density at radius 3 is 2.74 bits per heavy atom. The number of aromatic nitrogens is 1. The fourth-order valence-electron chi connectivity index (χ4n) is 3.22. The van der Waals surface area contributed by atoms with Gasteiger partial charge in [-0.1, -0.05) is 30.3 Å². The molecule has 0 saturated heterocycles. The number of nitrogens with one attached hydrogen (secondary N) is 1. The minimum atomic E-state index is -0.0190. The van der Waals surface area contributed by atoms with Crippen LogP contribution in [0.3, 0.4) is 0 Å². The highest BCUT2D eigenvalue weighted by Crippen LogP contribution is 2.75. The molecule has 4 heteroatoms. The second kappa shape index (κ2) is 4.44. The lowest BCUT2D eigenvalue weighted by Gasteiger charge is -2.06. The molecule has 2 aromatic carbocycles. The smallest absolute Gasteiger partial charge is 0.230 e. The zero-order valence-electron chi connectivity index (χ0n) is 12.6. The van der Waals surface area contributed by atoms with E-state index in [1.54, 1.807) is 0 Å². The Morgan fingerprint density at radius 1 is 1.22 bits per heavy atom. The Morgan fingerprint density at radius 2 is 2.00 bits per heavy atom. The van der Waals surface area contributed by atoms with Gasteiger partial charge in [0.05, 0.1) is 5.41 Å². The number of hydrogen-bond donors (Lipinski definition) is 1. The van der Waals surface area contributed by atoms with Crippen molar-refractivity contribution in [1.82, 2.24) is 4.98 Å². The van der Waals surface area contributed by atoms with E-state index in [-0.39, 0.29) is 11.3 Å². The van der Waals surface area contributed by atoms with Crippen LogP contribution in [0.2, 0.25) is 0 Å². The van der Waals surface area contributed by atoms with Gasteiger partial charge in [-0.2, -0.15) is 0 Å². The summed E-state index contributed by atoms with van der Waals surface area (Å²) in [4.78, 5) is 16.7. The van der Waals surface area contributed by atoms with Crippen LogP contribution in [0, 0.1) is 11.3 Å². The molecule has 1 amide bonds. The Balaban J connectivity index is 1.38. The molecule has 5 rings (SSSR count). The number of anilines is 1. The highest BCUT2D eigenvalue weighted by molar-refractivity contribution is 6.01. The predicted octanol–water partition coefficient (Wildman–Crippen LogP) is 3.77. The first-order valence-corrected chi connectivity index (χ1v) is 7.98. The van der Waals surface area contributed by atoms with Crippen molar-refractivity contribution < 1.29 is 9.21 Å². The highest BCUT2D eigenvalue weighted by atomic mass is 16.3. The number of amides is 1. The van der Waals surface area contributed by atoms with Gasteiger partial charge in [-0.3, -0.25) is 4.79 Å². The maximum absolute atomic E-state index is 12.2. The molecule has 1 N–H and O–H groups in total. The van der Waals surface area contributed by atoms with Crippen LogP contribution in [-0.4, -0.2) is 10.9 Å². The van der Waals surface area contributed by atoms with Gasteiger partial charge in [-0.25, -0.2) is 4.98 Å². The molecule has 3 aromatic rings. The summed E-state index contributed by atoms with van der Waals surface area (Å²) in [5.74, 6) is 1.50. The Bertz CT molecular complexity index is 908. The predicted molar refractivity (Wildman–Crippen MR) is 87.0 cm³/mol. The molecule has 0 radical (unpaired) electrons. The molecule has 2 saturated carbocycles. The Labute approximate surface area is 133 Å². The topological polar surface area (TPSA) is 55.1 Å². The number of oxazole rings is 1. The van der Waals surface area contributed by atoms with E-state index in [9.17, 15) is 4.79 Å². The van der Waals surface area contributed by atoms with Crippen LogP contribution in [0.15, 0.2) is 52.9 Å². The third-order valence-corrected chi connectivity index (χ3v) is 5.02. The van der Waals surface area contributed by atoms with Gasteiger partial charge in [0.15, 0.2) is 11.5 Å². The van der Waals surface area contributed by atoms with Gasteiger partial charge >= 0.3 is 0 Å². The first-order valence-electron chi connectivity index (χ1n) is 7.98. The van der Waals surface area contributed by atoms with E-state index >= 15 is 0 Å². The largest absolute Gasteiger partial charge is 0.440 e. The molecule has 4 nitrogen and oxygen atoms in total. The summed E-state index contributed by atoms with van der Waals surface area (Å²) in [6, 6.07) is 15.8. The lowest BCUT2D eigenvalue weighted by Crippen LogP contribution is -2.17. The van der Waals surface area contributed by atoms with Crippen LogP contribution in [0.4, 0.5) is 5.69 Å². The fraction of sp³-hybridized carbons (Fsp3) is 0.263. The second-order valence-electron chi connectivity index (χ2n) is 6.67. The van der Waals surface area contributed by atoms with Gasteiger partial charge in [0, 0.05) is 18.2 Å². The SMILES string of the molecule is O=C(Nc1ccc2nc(Cc3ccccc3)oc2c1)C12CC1C2. The molecule has 0 spiro atoms. The first kappa shape index (κ1) is 12.9. The lowest BCUT2D eigenvalue weighted by atomic mass is 10.1. The number of carbonyl (C=O) groups is 1. The van der Waals surface area contributed by atoms with Gasteiger partial charge in [-0.05, 0) is 36.5 Å². The molecular formula is C19H16N2O2. The molecule has 2 aliphatic rings. The standard InChI is InChI=1S/C19H16N2O2/c22-18(19-10-13(19)11-19)20-14-6-7-15-16(9-14)23-17(21-15)8-12-4-2-1-3-5-12/h1-7,9,13H,8,10-11H2,(H,20,22). The molecule has 2 fully saturated rings. The van der Waals surface area contributed by atoms with Gasteiger partial charge in [-0.15, -0.1) is 0 Å². The normalized spacial score (nSPS) is 24.3. The lowest BCUT2D eigenvalue weighted by molar-refractivity contribution is -0.119. The highest BCUT2D eigenvalue weighted by Gasteiger charge is 2.74. The summed E-state index contributed by atoms with van der Waals surface area (Å²) >= 11 is 0. The van der Waals surface area contributed by atoms with Crippen molar-refractivity contribution in [3.8, 4) is 0 Å². The monoisotopic (exact) mass is 304 g/mol. The molecular weight excluding hydrogens is 288 g/mol. The Kier molecular flexibility index (Phi) is 2.49. The fourth-order valence-corrected chi connectivity index (χ4v) is 3.22. The van der Waals surface area contributed by atoms with Crippen molar-refractivity contribution in [3.05, 3.63) is 60.0 Å². The maximum Gasteiger partial charge on any atom is 0.230 e. The van der Waals surface area contributed by atoms with Crippen LogP contribution in [-0.2, 0) is 11.2 Å². The molecule has 1 heterocycles. The second-order valence-corrected chi connectivity index (χ2v) is 6.67. The number of fused-ring (bicyclic) bond motifs is 2. The number of nitrogens with zero attached hydrogens (tertiary/aromatic N) is 1. The van der Waals surface area contributed by atoms with Crippen molar-refractivity contribution >= 4 is 22.7 Å². The van der Waals surface area contributed by atoms with E-state index in [1.807, 2.05) is 36.4 Å². The van der Waals surface area contributed by atoms with Gasteiger partial charge in [0.1, 0.15) is 5.52 Å². The van der Waals surface area contributed by atoms with E-state index in [4.69, 9.17) is 4.42 Å². The van der Waals surface area contributed by atoms with Crippen molar-refractivity contribution in [2.45, 2.75) is 19.3 Å². The average Bonchev–Trinajstić information content (AvgIpc) is 3.38. The molecule has 0 atom stereocenters. The van der Waals surface area contributed by atoms with E-state index in [0.717, 1.165) is 29.6 Å². The molecule has 0 bridgehead atoms. The summed E-state index contributed by atoms with van der Waals surface area (Å²) < 4.78 is 5.84. The summed E-state index contributed by atoms with van der Waals surface area (Å²) in [7, 11) is 0. The van der Waals surface area contributed by atoms with E-state index in [0.29, 0.717) is 18.2 Å². The molecule has 23 heavy (non-hydrogen) atoms. The molecule has 0 unspecified atom stereocenters. The van der Waals surface area contributed by atoms with Crippen molar-refractivity contribution in [1.29, 1.82) is 0 Å². The molecule has 0 aliphatic heterocycles. The van der Waals surface area contributed by atoms with Gasteiger partial charge in [0.25, 0.3) is 0 Å². The maximum atomic E-state index is 12.2. The zero-order valence-corrected chi connectivity index (χ0v) is 12.6. The van der Waals surface area contributed by atoms with Gasteiger partial charge in [0.2, 0.25) is 5.91 Å². The summed E-state index contributed by atoms with van der Waals surface area (Å²) in [6.45, 7) is 0. The molecule has 114 valence electrons. The van der Waals surface area contributed by atoms with Crippen molar-refractivity contribution in [2.75, 3.05) is 5.32 Å².